The Hall–Kier alpha value is -1.61. The van der Waals surface area contributed by atoms with Crippen LogP contribution in [-0.2, 0) is 19.3 Å². The number of aryl methyl sites for hydroxylation is 1. The molecule has 0 atom stereocenters. The number of nitrogens with zero attached hydrogens (tertiary/aromatic N) is 2. The van der Waals surface area contributed by atoms with Gasteiger partial charge in [-0.15, -0.1) is 0 Å². The molecule has 1 heterocycles. The number of fused-ring (bicyclic) bond motifs is 1. The molecule has 0 unspecified atom stereocenters. The van der Waals surface area contributed by atoms with Gasteiger partial charge >= 0.3 is 0 Å². The fraction of sp³-hybridized carbons (Fsp3) is 0.286. The monoisotopic (exact) mass is 259 g/mol. The lowest BCUT2D eigenvalue weighted by Gasteiger charge is -2.06. The molecule has 0 aliphatic heterocycles. The van der Waals surface area contributed by atoms with Gasteiger partial charge in [0.25, 0.3) is 0 Å². The zero-order valence-electron chi connectivity index (χ0n) is 9.99. The van der Waals surface area contributed by atoms with Crippen molar-refractivity contribution in [1.29, 1.82) is 0 Å². The Labute approximate surface area is 111 Å². The summed E-state index contributed by atoms with van der Waals surface area (Å²) >= 11 is 5.87. The number of anilines is 1. The minimum absolute atomic E-state index is 0.654. The molecule has 4 heteroatoms. The fourth-order valence-corrected chi connectivity index (χ4v) is 2.50. The second-order valence-corrected chi connectivity index (χ2v) is 5.04. The van der Waals surface area contributed by atoms with Gasteiger partial charge in [-0.25, -0.2) is 9.97 Å². The third-order valence-corrected chi connectivity index (χ3v) is 3.54. The first-order valence-electron chi connectivity index (χ1n) is 6.11. The van der Waals surface area contributed by atoms with Crippen LogP contribution in [0.3, 0.4) is 0 Å². The van der Waals surface area contributed by atoms with Crippen molar-refractivity contribution in [3.63, 3.8) is 0 Å². The number of nitrogen functional groups attached to an aromatic ring is 1. The van der Waals surface area contributed by atoms with Crippen molar-refractivity contribution in [2.24, 2.45) is 0 Å². The summed E-state index contributed by atoms with van der Waals surface area (Å²) in [5, 5.41) is 0.744. The summed E-state index contributed by atoms with van der Waals surface area (Å²) < 4.78 is 0. The quantitative estimate of drug-likeness (QED) is 0.902. The number of rotatable bonds is 2. The maximum absolute atomic E-state index is 5.98. The van der Waals surface area contributed by atoms with Crippen molar-refractivity contribution in [2.45, 2.75) is 25.7 Å². The van der Waals surface area contributed by atoms with E-state index in [2.05, 4.69) is 9.97 Å². The van der Waals surface area contributed by atoms with Crippen LogP contribution < -0.4 is 5.73 Å². The summed E-state index contributed by atoms with van der Waals surface area (Å²) in [5.41, 5.74) is 9.41. The van der Waals surface area contributed by atoms with Crippen molar-refractivity contribution in [3.8, 4) is 0 Å². The van der Waals surface area contributed by atoms with Gasteiger partial charge in [0.1, 0.15) is 11.6 Å². The molecule has 0 spiro atoms. The standard InChI is InChI=1S/C14H14ClN3/c15-10-6-4-9(5-7-10)8-13-17-12-3-1-2-11(12)14(16)18-13/h4-7H,1-3,8H2,(H2,16,17,18). The molecule has 0 saturated carbocycles. The molecule has 0 saturated heterocycles. The molecule has 2 aromatic rings. The lowest BCUT2D eigenvalue weighted by molar-refractivity contribution is 0.886. The minimum atomic E-state index is 0.654. The first-order valence-corrected chi connectivity index (χ1v) is 6.49. The molecule has 18 heavy (non-hydrogen) atoms. The zero-order valence-corrected chi connectivity index (χ0v) is 10.7. The number of aromatic nitrogens is 2. The molecule has 1 aromatic heterocycles. The molecule has 0 fully saturated rings. The van der Waals surface area contributed by atoms with E-state index in [0.717, 1.165) is 46.9 Å². The van der Waals surface area contributed by atoms with Gasteiger partial charge in [-0.2, -0.15) is 0 Å². The van der Waals surface area contributed by atoms with Crippen molar-refractivity contribution in [1.82, 2.24) is 9.97 Å². The normalized spacial score (nSPS) is 13.6. The predicted octanol–water partition coefficient (Wildman–Crippen LogP) is 2.79. The van der Waals surface area contributed by atoms with E-state index >= 15 is 0 Å². The van der Waals surface area contributed by atoms with E-state index in [0.29, 0.717) is 12.2 Å². The lowest BCUT2D eigenvalue weighted by atomic mass is 10.1. The summed E-state index contributed by atoms with van der Waals surface area (Å²) in [4.78, 5) is 9.00. The van der Waals surface area contributed by atoms with Crippen LogP contribution >= 0.6 is 11.6 Å². The Morgan fingerprint density at radius 1 is 1.11 bits per heavy atom. The van der Waals surface area contributed by atoms with E-state index < -0.39 is 0 Å². The highest BCUT2D eigenvalue weighted by molar-refractivity contribution is 6.30. The molecule has 1 aromatic carbocycles. The van der Waals surface area contributed by atoms with Gasteiger partial charge in [0.2, 0.25) is 0 Å². The van der Waals surface area contributed by atoms with E-state index in [4.69, 9.17) is 17.3 Å². The first kappa shape index (κ1) is 11.5. The van der Waals surface area contributed by atoms with Crippen LogP contribution in [0.15, 0.2) is 24.3 Å². The molecule has 1 aliphatic carbocycles. The number of halogens is 1. The number of nitrogens with two attached hydrogens (primary N) is 1. The number of hydrogen-bond acceptors (Lipinski definition) is 3. The molecule has 0 radical (unpaired) electrons. The fourth-order valence-electron chi connectivity index (χ4n) is 2.38. The average Bonchev–Trinajstić information content (AvgIpc) is 2.81. The van der Waals surface area contributed by atoms with Crippen molar-refractivity contribution >= 4 is 17.4 Å². The van der Waals surface area contributed by atoms with Crippen LogP contribution in [0.5, 0.6) is 0 Å². The summed E-state index contributed by atoms with van der Waals surface area (Å²) in [6.07, 6.45) is 3.88. The molecule has 0 bridgehead atoms. The van der Waals surface area contributed by atoms with Gasteiger partial charge in [0.05, 0.1) is 0 Å². The van der Waals surface area contributed by atoms with Crippen LogP contribution in [0.2, 0.25) is 5.02 Å². The summed E-state index contributed by atoms with van der Waals surface area (Å²) in [5.74, 6) is 1.46. The molecular weight excluding hydrogens is 246 g/mol. The van der Waals surface area contributed by atoms with Gasteiger partial charge in [-0.05, 0) is 37.0 Å². The van der Waals surface area contributed by atoms with Crippen LogP contribution in [0.25, 0.3) is 0 Å². The van der Waals surface area contributed by atoms with Crippen LogP contribution in [0.4, 0.5) is 5.82 Å². The highest BCUT2D eigenvalue weighted by Gasteiger charge is 2.17. The van der Waals surface area contributed by atoms with Crippen LogP contribution in [-0.4, -0.2) is 9.97 Å². The average molecular weight is 260 g/mol. The molecular formula is C14H14ClN3. The SMILES string of the molecule is Nc1nc(Cc2ccc(Cl)cc2)nc2c1CCC2. The second kappa shape index (κ2) is 4.58. The van der Waals surface area contributed by atoms with Crippen molar-refractivity contribution in [2.75, 3.05) is 5.73 Å². The maximum atomic E-state index is 5.98. The van der Waals surface area contributed by atoms with Gasteiger partial charge < -0.3 is 5.73 Å². The van der Waals surface area contributed by atoms with Gasteiger partial charge in [-0.3, -0.25) is 0 Å². The third-order valence-electron chi connectivity index (χ3n) is 3.29. The van der Waals surface area contributed by atoms with Gasteiger partial charge in [0, 0.05) is 22.7 Å². The highest BCUT2D eigenvalue weighted by atomic mass is 35.5. The van der Waals surface area contributed by atoms with E-state index in [-0.39, 0.29) is 0 Å². The Balaban J connectivity index is 1.89. The van der Waals surface area contributed by atoms with Gasteiger partial charge in [-0.1, -0.05) is 23.7 Å². The minimum Gasteiger partial charge on any atom is -0.383 e. The lowest BCUT2D eigenvalue weighted by Crippen LogP contribution is -2.06. The Bertz CT molecular complexity index is 578. The molecule has 3 rings (SSSR count). The summed E-state index contributed by atoms with van der Waals surface area (Å²) in [6, 6.07) is 7.76. The highest BCUT2D eigenvalue weighted by Crippen LogP contribution is 2.24. The smallest absolute Gasteiger partial charge is 0.135 e. The first-order chi connectivity index (χ1) is 8.72. The van der Waals surface area contributed by atoms with E-state index in [1.807, 2.05) is 24.3 Å². The molecule has 0 amide bonds. The largest absolute Gasteiger partial charge is 0.383 e. The van der Waals surface area contributed by atoms with Crippen LogP contribution in [0.1, 0.15) is 29.1 Å². The number of hydrogen-bond donors (Lipinski definition) is 1. The second-order valence-electron chi connectivity index (χ2n) is 4.61. The van der Waals surface area contributed by atoms with Crippen molar-refractivity contribution in [3.05, 3.63) is 51.9 Å². The maximum Gasteiger partial charge on any atom is 0.135 e. The van der Waals surface area contributed by atoms with E-state index in [9.17, 15) is 0 Å². The molecule has 3 nitrogen and oxygen atoms in total. The zero-order chi connectivity index (χ0) is 12.5. The van der Waals surface area contributed by atoms with Crippen LogP contribution in [0, 0.1) is 0 Å². The Morgan fingerprint density at radius 2 is 1.89 bits per heavy atom. The number of benzene rings is 1. The Kier molecular flexibility index (Phi) is 2.92. The van der Waals surface area contributed by atoms with Gasteiger partial charge in [0.15, 0.2) is 0 Å². The van der Waals surface area contributed by atoms with E-state index in [1.165, 1.54) is 0 Å². The van der Waals surface area contributed by atoms with Crippen molar-refractivity contribution < 1.29 is 0 Å². The molecule has 1 aliphatic rings. The third kappa shape index (κ3) is 2.18. The summed E-state index contributed by atoms with van der Waals surface area (Å²) in [7, 11) is 0. The van der Waals surface area contributed by atoms with E-state index in [1.54, 1.807) is 0 Å². The topological polar surface area (TPSA) is 51.8 Å². The molecule has 92 valence electrons. The summed E-state index contributed by atoms with van der Waals surface area (Å²) in [6.45, 7) is 0. The Morgan fingerprint density at radius 3 is 2.67 bits per heavy atom. The molecule has 2 N–H and O–H groups in total. The predicted molar refractivity (Wildman–Crippen MR) is 72.7 cm³/mol.